The molecule has 1 fully saturated rings. The summed E-state index contributed by atoms with van der Waals surface area (Å²) in [7, 11) is 0. The standard InChI is InChI=1S/C15H19N3OS/c1-10-3-4-11-12(7-10)20-14(17-11)18-13(19)8-15(9-16)5-2-6-15/h3-4,7H,2,5-6,8-9,16H2,1H3,(H,17,18,19). The maximum Gasteiger partial charge on any atom is 0.226 e. The predicted octanol–water partition coefficient (Wildman–Crippen LogP) is 3.06. The number of fused-ring (bicyclic) bond motifs is 1. The van der Waals surface area contributed by atoms with Crippen LogP contribution in [-0.4, -0.2) is 17.4 Å². The first kappa shape index (κ1) is 13.5. The molecule has 106 valence electrons. The van der Waals surface area contributed by atoms with Gasteiger partial charge in [-0.05, 0) is 49.4 Å². The Labute approximate surface area is 122 Å². The van der Waals surface area contributed by atoms with Crippen molar-refractivity contribution in [3.05, 3.63) is 23.8 Å². The molecule has 0 radical (unpaired) electrons. The highest BCUT2D eigenvalue weighted by atomic mass is 32.1. The van der Waals surface area contributed by atoms with E-state index in [4.69, 9.17) is 5.73 Å². The Balaban J connectivity index is 1.71. The second-order valence-corrected chi connectivity index (χ2v) is 6.80. The van der Waals surface area contributed by atoms with Crippen LogP contribution in [0.3, 0.4) is 0 Å². The minimum absolute atomic E-state index is 0.0333. The van der Waals surface area contributed by atoms with E-state index in [2.05, 4.69) is 23.3 Å². The second kappa shape index (κ2) is 5.14. The van der Waals surface area contributed by atoms with E-state index in [0.29, 0.717) is 18.1 Å². The van der Waals surface area contributed by atoms with E-state index in [9.17, 15) is 4.79 Å². The number of rotatable bonds is 4. The fourth-order valence-corrected chi connectivity index (χ4v) is 3.70. The molecule has 0 saturated heterocycles. The van der Waals surface area contributed by atoms with E-state index in [0.717, 1.165) is 23.1 Å². The first-order valence-electron chi connectivity index (χ1n) is 6.97. The number of nitrogens with two attached hydrogens (primary N) is 1. The van der Waals surface area contributed by atoms with Gasteiger partial charge in [-0.15, -0.1) is 0 Å². The number of carbonyl (C=O) groups excluding carboxylic acids is 1. The number of anilines is 1. The lowest BCUT2D eigenvalue weighted by Gasteiger charge is -2.40. The van der Waals surface area contributed by atoms with Gasteiger partial charge in [0.1, 0.15) is 0 Å². The zero-order valence-electron chi connectivity index (χ0n) is 11.6. The summed E-state index contributed by atoms with van der Waals surface area (Å²) in [6, 6.07) is 6.12. The molecule has 1 aromatic heterocycles. The van der Waals surface area contributed by atoms with Crippen LogP contribution < -0.4 is 11.1 Å². The van der Waals surface area contributed by atoms with Crippen LogP contribution >= 0.6 is 11.3 Å². The molecule has 1 aliphatic carbocycles. The third kappa shape index (κ3) is 2.55. The SMILES string of the molecule is Cc1ccc2nc(NC(=O)CC3(CN)CCC3)sc2c1. The lowest BCUT2D eigenvalue weighted by atomic mass is 9.66. The van der Waals surface area contributed by atoms with Gasteiger partial charge in [0.2, 0.25) is 5.91 Å². The molecule has 0 spiro atoms. The van der Waals surface area contributed by atoms with Gasteiger partial charge in [-0.3, -0.25) is 4.79 Å². The quantitative estimate of drug-likeness (QED) is 0.909. The zero-order valence-corrected chi connectivity index (χ0v) is 12.4. The Morgan fingerprint density at radius 2 is 2.30 bits per heavy atom. The number of amides is 1. The summed E-state index contributed by atoms with van der Waals surface area (Å²) in [5, 5.41) is 3.60. The Morgan fingerprint density at radius 1 is 1.50 bits per heavy atom. The van der Waals surface area contributed by atoms with Crippen LogP contribution in [0.25, 0.3) is 10.2 Å². The molecule has 4 nitrogen and oxygen atoms in total. The van der Waals surface area contributed by atoms with Crippen molar-refractivity contribution in [2.24, 2.45) is 11.1 Å². The van der Waals surface area contributed by atoms with Gasteiger partial charge < -0.3 is 11.1 Å². The fraction of sp³-hybridized carbons (Fsp3) is 0.467. The molecule has 1 saturated carbocycles. The highest BCUT2D eigenvalue weighted by molar-refractivity contribution is 7.22. The van der Waals surface area contributed by atoms with Crippen molar-refractivity contribution < 1.29 is 4.79 Å². The van der Waals surface area contributed by atoms with Crippen LogP contribution in [0.5, 0.6) is 0 Å². The number of thiazole rings is 1. The van der Waals surface area contributed by atoms with Crippen LogP contribution in [0.2, 0.25) is 0 Å². The van der Waals surface area contributed by atoms with Gasteiger partial charge in [0.05, 0.1) is 10.2 Å². The molecule has 3 N–H and O–H groups in total. The van der Waals surface area contributed by atoms with Crippen molar-refractivity contribution in [2.45, 2.75) is 32.6 Å². The van der Waals surface area contributed by atoms with Crippen LogP contribution in [0.15, 0.2) is 18.2 Å². The highest BCUT2D eigenvalue weighted by Gasteiger charge is 2.37. The lowest BCUT2D eigenvalue weighted by Crippen LogP contribution is -2.40. The van der Waals surface area contributed by atoms with Gasteiger partial charge in [-0.25, -0.2) is 4.98 Å². The van der Waals surface area contributed by atoms with Crippen molar-refractivity contribution >= 4 is 32.6 Å². The lowest BCUT2D eigenvalue weighted by molar-refractivity contribution is -0.119. The first-order chi connectivity index (χ1) is 9.60. The van der Waals surface area contributed by atoms with Crippen LogP contribution in [0, 0.1) is 12.3 Å². The maximum absolute atomic E-state index is 12.1. The van der Waals surface area contributed by atoms with Crippen molar-refractivity contribution in [3.8, 4) is 0 Å². The molecule has 1 aromatic carbocycles. The molecular weight excluding hydrogens is 270 g/mol. The molecule has 20 heavy (non-hydrogen) atoms. The maximum atomic E-state index is 12.1. The molecule has 1 amide bonds. The largest absolute Gasteiger partial charge is 0.330 e. The summed E-state index contributed by atoms with van der Waals surface area (Å²) < 4.78 is 1.11. The number of hydrogen-bond donors (Lipinski definition) is 2. The monoisotopic (exact) mass is 289 g/mol. The molecule has 0 bridgehead atoms. The summed E-state index contributed by atoms with van der Waals surface area (Å²) in [6.45, 7) is 2.65. The van der Waals surface area contributed by atoms with Crippen molar-refractivity contribution in [1.82, 2.24) is 4.98 Å². The number of nitrogens with zero attached hydrogens (tertiary/aromatic N) is 1. The van der Waals surface area contributed by atoms with Crippen LogP contribution in [-0.2, 0) is 4.79 Å². The average Bonchev–Trinajstić information content (AvgIpc) is 2.75. The van der Waals surface area contributed by atoms with E-state index in [1.54, 1.807) is 0 Å². The summed E-state index contributed by atoms with van der Waals surface area (Å²) in [5.41, 5.74) is 7.98. The highest BCUT2D eigenvalue weighted by Crippen LogP contribution is 2.43. The average molecular weight is 289 g/mol. The molecule has 1 aliphatic rings. The number of aryl methyl sites for hydroxylation is 1. The van der Waals surface area contributed by atoms with E-state index >= 15 is 0 Å². The van der Waals surface area contributed by atoms with Crippen LogP contribution in [0.1, 0.15) is 31.2 Å². The minimum atomic E-state index is 0.0333. The number of aromatic nitrogens is 1. The van der Waals surface area contributed by atoms with Gasteiger partial charge in [0.25, 0.3) is 0 Å². The smallest absolute Gasteiger partial charge is 0.226 e. The summed E-state index contributed by atoms with van der Waals surface area (Å²) in [6.07, 6.45) is 3.83. The Kier molecular flexibility index (Phi) is 3.48. The first-order valence-corrected chi connectivity index (χ1v) is 7.79. The van der Waals surface area contributed by atoms with Gasteiger partial charge in [0, 0.05) is 6.42 Å². The molecule has 5 heteroatoms. The van der Waals surface area contributed by atoms with Crippen LogP contribution in [0.4, 0.5) is 5.13 Å². The number of benzene rings is 1. The Morgan fingerprint density at radius 3 is 2.95 bits per heavy atom. The molecule has 0 aliphatic heterocycles. The Hall–Kier alpha value is -1.46. The second-order valence-electron chi connectivity index (χ2n) is 5.77. The van der Waals surface area contributed by atoms with Crippen molar-refractivity contribution in [1.29, 1.82) is 0 Å². The van der Waals surface area contributed by atoms with E-state index in [1.165, 1.54) is 23.3 Å². The van der Waals surface area contributed by atoms with Crippen molar-refractivity contribution in [2.75, 3.05) is 11.9 Å². The summed E-state index contributed by atoms with van der Waals surface area (Å²) in [5.74, 6) is 0.0333. The molecular formula is C15H19N3OS. The normalized spacial score (nSPS) is 16.9. The van der Waals surface area contributed by atoms with Gasteiger partial charge >= 0.3 is 0 Å². The third-order valence-electron chi connectivity index (χ3n) is 4.17. The summed E-state index contributed by atoms with van der Waals surface area (Å²) in [4.78, 5) is 16.6. The van der Waals surface area contributed by atoms with E-state index in [-0.39, 0.29) is 11.3 Å². The van der Waals surface area contributed by atoms with E-state index in [1.807, 2.05) is 12.1 Å². The Bertz CT molecular complexity index is 640. The predicted molar refractivity (Wildman–Crippen MR) is 82.9 cm³/mol. The summed E-state index contributed by atoms with van der Waals surface area (Å²) >= 11 is 1.52. The van der Waals surface area contributed by atoms with E-state index < -0.39 is 0 Å². The van der Waals surface area contributed by atoms with Gasteiger partial charge in [-0.1, -0.05) is 23.8 Å². The number of carbonyl (C=O) groups is 1. The van der Waals surface area contributed by atoms with Crippen molar-refractivity contribution in [3.63, 3.8) is 0 Å². The zero-order chi connectivity index (χ0) is 14.2. The molecule has 2 aromatic rings. The number of hydrogen-bond acceptors (Lipinski definition) is 4. The molecule has 0 atom stereocenters. The fourth-order valence-electron chi connectivity index (χ4n) is 2.72. The molecule has 1 heterocycles. The third-order valence-corrected chi connectivity index (χ3v) is 5.11. The molecule has 3 rings (SSSR count). The molecule has 0 unspecified atom stereocenters. The topological polar surface area (TPSA) is 68.0 Å². The number of nitrogens with one attached hydrogen (secondary N) is 1. The van der Waals surface area contributed by atoms with Gasteiger partial charge in [0.15, 0.2) is 5.13 Å². The van der Waals surface area contributed by atoms with Gasteiger partial charge in [-0.2, -0.15) is 0 Å². The minimum Gasteiger partial charge on any atom is -0.330 e.